The van der Waals surface area contributed by atoms with Crippen molar-refractivity contribution in [2.45, 2.75) is 113 Å². The third-order valence-electron chi connectivity index (χ3n) is 6.21. The van der Waals surface area contributed by atoms with Crippen molar-refractivity contribution >= 4 is 5.71 Å². The van der Waals surface area contributed by atoms with Crippen LogP contribution in [0.1, 0.15) is 40.5 Å². The van der Waals surface area contributed by atoms with Gasteiger partial charge < -0.3 is 60.1 Å². The van der Waals surface area contributed by atoms with E-state index >= 15 is 0 Å². The van der Waals surface area contributed by atoms with Gasteiger partial charge in [0.25, 0.3) is 6.29 Å². The maximum Gasteiger partial charge on any atom is 0.256 e. The first-order chi connectivity index (χ1) is 15.8. The molecule has 3 fully saturated rings. The highest BCUT2D eigenvalue weighted by molar-refractivity contribution is 5.87. The van der Waals surface area contributed by atoms with Crippen molar-refractivity contribution in [2.24, 2.45) is 5.16 Å². The summed E-state index contributed by atoms with van der Waals surface area (Å²) < 4.78 is 16.4. The van der Waals surface area contributed by atoms with Crippen molar-refractivity contribution < 1.29 is 54.8 Å². The Kier molecular flexibility index (Phi) is 8.58. The molecule has 0 amide bonds. The fourth-order valence-corrected chi connectivity index (χ4v) is 4.92. The minimum atomic E-state index is -1.73. The molecular weight excluding hydrogens is 456 g/mol. The van der Waals surface area contributed by atoms with Gasteiger partial charge in [-0.05, 0) is 27.7 Å². The summed E-state index contributed by atoms with van der Waals surface area (Å²) in [5.74, 6) is 0. The van der Waals surface area contributed by atoms with Crippen molar-refractivity contribution in [1.29, 1.82) is 0 Å². The maximum atomic E-state index is 10.7. The van der Waals surface area contributed by atoms with Gasteiger partial charge in [-0.15, -0.1) is 0 Å². The van der Waals surface area contributed by atoms with Crippen LogP contribution >= 0.6 is 0 Å². The van der Waals surface area contributed by atoms with E-state index in [-0.39, 0.29) is 11.1 Å². The Morgan fingerprint density at radius 3 is 1.88 bits per heavy atom. The van der Waals surface area contributed by atoms with Crippen molar-refractivity contribution in [3.63, 3.8) is 0 Å². The fraction of sp³-hybridized carbons (Fsp3) is 0.952. The van der Waals surface area contributed by atoms with Crippen molar-refractivity contribution in [2.75, 3.05) is 13.2 Å². The summed E-state index contributed by atoms with van der Waals surface area (Å²) in [5, 5.41) is 78.0. The lowest BCUT2D eigenvalue weighted by atomic mass is 9.81. The number of aliphatic hydroxyl groups is 7. The van der Waals surface area contributed by atoms with Crippen LogP contribution in [0.25, 0.3) is 0 Å². The number of oxime groups is 1. The number of hydrogen-bond acceptors (Lipinski definition) is 13. The van der Waals surface area contributed by atoms with Crippen LogP contribution in [0, 0.1) is 0 Å². The number of rotatable bonds is 6. The minimum absolute atomic E-state index is 0.229. The molecule has 34 heavy (non-hydrogen) atoms. The molecule has 0 aliphatic carbocycles. The summed E-state index contributed by atoms with van der Waals surface area (Å²) in [7, 11) is 0. The normalized spacial score (nSPS) is 44.5. The Hall–Kier alpha value is -0.970. The number of nitrogens with zero attached hydrogens (tertiary/aromatic N) is 1. The second-order valence-electron chi connectivity index (χ2n) is 10.5. The van der Waals surface area contributed by atoms with E-state index in [0.29, 0.717) is 12.8 Å². The van der Waals surface area contributed by atoms with Gasteiger partial charge >= 0.3 is 0 Å². The van der Waals surface area contributed by atoms with Gasteiger partial charge in [0.2, 0.25) is 0 Å². The van der Waals surface area contributed by atoms with E-state index in [0.717, 1.165) is 5.71 Å². The van der Waals surface area contributed by atoms with Gasteiger partial charge in [0.15, 0.2) is 6.29 Å². The zero-order valence-corrected chi connectivity index (χ0v) is 19.8. The summed E-state index contributed by atoms with van der Waals surface area (Å²) in [5.41, 5.74) is 0.278. The van der Waals surface area contributed by atoms with Crippen LogP contribution < -0.4 is 5.32 Å². The molecule has 0 aromatic rings. The second-order valence-corrected chi connectivity index (χ2v) is 10.5. The highest BCUT2D eigenvalue weighted by Gasteiger charge is 2.51. The second kappa shape index (κ2) is 10.6. The number of piperidine rings is 1. The molecule has 198 valence electrons. The average Bonchev–Trinajstić information content (AvgIpc) is 2.74. The van der Waals surface area contributed by atoms with Gasteiger partial charge in [0.1, 0.15) is 48.8 Å². The van der Waals surface area contributed by atoms with Crippen LogP contribution in [0.15, 0.2) is 5.16 Å². The third-order valence-corrected chi connectivity index (χ3v) is 6.21. The molecule has 0 spiro atoms. The Balaban J connectivity index is 1.68. The molecular formula is C21H38N2O11. The maximum absolute atomic E-state index is 10.7. The van der Waals surface area contributed by atoms with Crippen LogP contribution in [0.2, 0.25) is 0 Å². The first-order valence-electron chi connectivity index (χ1n) is 11.4. The molecule has 0 aromatic carbocycles. The summed E-state index contributed by atoms with van der Waals surface area (Å²) in [4.78, 5) is 5.42. The lowest BCUT2D eigenvalue weighted by Crippen LogP contribution is -2.64. The zero-order chi connectivity index (χ0) is 25.4. The number of ether oxygens (including phenoxy) is 3. The zero-order valence-electron chi connectivity index (χ0n) is 19.8. The molecule has 3 saturated heterocycles. The molecule has 10 unspecified atom stereocenters. The Bertz CT molecular complexity index is 699. The Morgan fingerprint density at radius 2 is 1.32 bits per heavy atom. The van der Waals surface area contributed by atoms with Crippen LogP contribution in [0.4, 0.5) is 0 Å². The molecule has 3 aliphatic heterocycles. The fourth-order valence-electron chi connectivity index (χ4n) is 4.92. The summed E-state index contributed by atoms with van der Waals surface area (Å²) in [6.07, 6.45) is -13.9. The molecule has 13 heteroatoms. The predicted molar refractivity (Wildman–Crippen MR) is 115 cm³/mol. The van der Waals surface area contributed by atoms with Crippen molar-refractivity contribution in [3.05, 3.63) is 0 Å². The van der Waals surface area contributed by atoms with Gasteiger partial charge in [0.05, 0.1) is 18.9 Å². The first kappa shape index (κ1) is 27.6. The molecule has 0 bridgehead atoms. The molecule has 13 nitrogen and oxygen atoms in total. The van der Waals surface area contributed by atoms with E-state index in [9.17, 15) is 35.7 Å². The van der Waals surface area contributed by atoms with Gasteiger partial charge in [-0.25, -0.2) is 0 Å². The molecule has 10 atom stereocenters. The van der Waals surface area contributed by atoms with Gasteiger partial charge in [0, 0.05) is 23.9 Å². The largest absolute Gasteiger partial charge is 0.394 e. The third kappa shape index (κ3) is 6.05. The quantitative estimate of drug-likeness (QED) is 0.173. The first-order valence-corrected chi connectivity index (χ1v) is 11.4. The van der Waals surface area contributed by atoms with Crippen LogP contribution in [0.3, 0.4) is 0 Å². The molecule has 3 rings (SSSR count). The van der Waals surface area contributed by atoms with Crippen LogP contribution in [-0.4, -0.2) is 127 Å². The molecule has 8 N–H and O–H groups in total. The number of nitrogens with one attached hydrogen (secondary N) is 1. The van der Waals surface area contributed by atoms with Gasteiger partial charge in [-0.1, -0.05) is 5.16 Å². The lowest BCUT2D eigenvalue weighted by molar-refractivity contribution is -0.359. The SMILES string of the molecule is CC1(C)CC(=NOC2OC(CO)C(OC3OC(CO)C(O)C(O)C3O)C(O)C2O)CC(C)(C)N1. The van der Waals surface area contributed by atoms with Crippen molar-refractivity contribution in [1.82, 2.24) is 5.32 Å². The Morgan fingerprint density at radius 1 is 0.794 bits per heavy atom. The summed E-state index contributed by atoms with van der Waals surface area (Å²) >= 11 is 0. The summed E-state index contributed by atoms with van der Waals surface area (Å²) in [6, 6.07) is 0. The van der Waals surface area contributed by atoms with E-state index < -0.39 is 74.6 Å². The number of aliphatic hydroxyl groups excluding tert-OH is 7. The average molecular weight is 495 g/mol. The molecule has 3 heterocycles. The number of hydrogen-bond donors (Lipinski definition) is 8. The topological polar surface area (TPSA) is 203 Å². The van der Waals surface area contributed by atoms with Gasteiger partial charge in [-0.2, -0.15) is 0 Å². The standard InChI is InChI=1S/C21H38N2O11/c1-20(2)5-9(6-21(3,4)23-20)22-34-19-16(30)14(28)17(11(8-25)32-19)33-18-15(29)13(27)12(26)10(7-24)31-18/h10-19,23-30H,5-8H2,1-4H3. The summed E-state index contributed by atoms with van der Waals surface area (Å²) in [6.45, 7) is 6.81. The Labute approximate surface area is 197 Å². The molecule has 0 aromatic heterocycles. The van der Waals surface area contributed by atoms with E-state index in [1.807, 2.05) is 27.7 Å². The van der Waals surface area contributed by atoms with Crippen LogP contribution in [0.5, 0.6) is 0 Å². The van der Waals surface area contributed by atoms with Crippen LogP contribution in [-0.2, 0) is 19.0 Å². The van der Waals surface area contributed by atoms with E-state index in [1.54, 1.807) is 0 Å². The lowest BCUT2D eigenvalue weighted by Gasteiger charge is -2.45. The van der Waals surface area contributed by atoms with E-state index in [2.05, 4.69) is 10.5 Å². The highest BCUT2D eigenvalue weighted by Crippen LogP contribution is 2.31. The van der Waals surface area contributed by atoms with E-state index in [1.165, 1.54) is 0 Å². The smallest absolute Gasteiger partial charge is 0.256 e. The molecule has 3 aliphatic rings. The highest BCUT2D eigenvalue weighted by atomic mass is 16.8. The van der Waals surface area contributed by atoms with E-state index in [4.69, 9.17) is 19.0 Å². The minimum Gasteiger partial charge on any atom is -0.394 e. The molecule has 0 saturated carbocycles. The predicted octanol–water partition coefficient (Wildman–Crippen LogP) is -3.08. The van der Waals surface area contributed by atoms with Gasteiger partial charge in [-0.3, -0.25) is 0 Å². The monoisotopic (exact) mass is 494 g/mol. The van der Waals surface area contributed by atoms with Crippen molar-refractivity contribution in [3.8, 4) is 0 Å². The molecule has 0 radical (unpaired) electrons.